The van der Waals surface area contributed by atoms with Gasteiger partial charge in [0, 0.05) is 30.4 Å². The number of carbonyl (C=O) groups is 1. The SMILES string of the molecule is Cc1cc(Nc2cc(N[C@H]3CC[C@H](N)CC3)nn3c(C(=O)Nc4ccncc4F)cnc23)no1. The van der Waals surface area contributed by atoms with Crippen molar-refractivity contribution in [3.63, 3.8) is 0 Å². The first-order chi connectivity index (χ1) is 16.5. The van der Waals surface area contributed by atoms with Gasteiger partial charge < -0.3 is 26.2 Å². The Morgan fingerprint density at radius 2 is 2.00 bits per heavy atom. The van der Waals surface area contributed by atoms with Gasteiger partial charge in [0.2, 0.25) is 0 Å². The second-order valence-corrected chi connectivity index (χ2v) is 8.34. The number of pyridine rings is 1. The highest BCUT2D eigenvalue weighted by Gasteiger charge is 2.22. The number of rotatable bonds is 6. The van der Waals surface area contributed by atoms with E-state index in [0.717, 1.165) is 31.9 Å². The molecule has 1 aliphatic rings. The minimum absolute atomic E-state index is 0.0131. The molecule has 5 N–H and O–H groups in total. The lowest BCUT2D eigenvalue weighted by molar-refractivity contribution is 0.102. The first-order valence-corrected chi connectivity index (χ1v) is 11.0. The molecule has 0 aliphatic heterocycles. The van der Waals surface area contributed by atoms with Crippen molar-refractivity contribution in [1.29, 1.82) is 0 Å². The fourth-order valence-corrected chi connectivity index (χ4v) is 3.98. The van der Waals surface area contributed by atoms with Gasteiger partial charge in [-0.25, -0.2) is 13.9 Å². The third kappa shape index (κ3) is 4.53. The number of anilines is 4. The zero-order valence-electron chi connectivity index (χ0n) is 18.5. The Balaban J connectivity index is 1.50. The van der Waals surface area contributed by atoms with Gasteiger partial charge >= 0.3 is 0 Å². The van der Waals surface area contributed by atoms with E-state index in [9.17, 15) is 9.18 Å². The van der Waals surface area contributed by atoms with Crippen LogP contribution in [0.5, 0.6) is 0 Å². The lowest BCUT2D eigenvalue weighted by Gasteiger charge is -2.27. The number of aryl methyl sites for hydroxylation is 1. The van der Waals surface area contributed by atoms with E-state index >= 15 is 0 Å². The number of hydrogen-bond acceptors (Lipinski definition) is 9. The van der Waals surface area contributed by atoms with E-state index in [2.05, 4.69) is 36.2 Å². The number of aromatic nitrogens is 5. The molecule has 0 bridgehead atoms. The molecule has 1 amide bonds. The van der Waals surface area contributed by atoms with Crippen molar-refractivity contribution in [2.75, 3.05) is 16.0 Å². The van der Waals surface area contributed by atoms with E-state index in [0.29, 0.717) is 28.7 Å². The second-order valence-electron chi connectivity index (χ2n) is 8.34. The number of fused-ring (bicyclic) bond motifs is 1. The van der Waals surface area contributed by atoms with E-state index in [1.165, 1.54) is 23.0 Å². The molecule has 0 unspecified atom stereocenters. The lowest BCUT2D eigenvalue weighted by atomic mass is 9.92. The quantitative estimate of drug-likeness (QED) is 0.337. The normalized spacial score (nSPS) is 18.1. The fraction of sp³-hybridized carbons (Fsp3) is 0.318. The van der Waals surface area contributed by atoms with Crippen LogP contribution in [0.1, 0.15) is 41.9 Å². The minimum atomic E-state index is -0.640. The molecular weight excluding hydrogens is 441 g/mol. The Labute approximate surface area is 193 Å². The summed E-state index contributed by atoms with van der Waals surface area (Å²) in [6.07, 6.45) is 7.52. The Morgan fingerprint density at radius 3 is 2.74 bits per heavy atom. The van der Waals surface area contributed by atoms with Crippen molar-refractivity contribution in [3.05, 3.63) is 54.1 Å². The zero-order chi connectivity index (χ0) is 23.7. The van der Waals surface area contributed by atoms with Crippen molar-refractivity contribution in [2.45, 2.75) is 44.7 Å². The maximum absolute atomic E-state index is 14.0. The molecule has 4 aromatic heterocycles. The largest absolute Gasteiger partial charge is 0.366 e. The predicted octanol–water partition coefficient (Wildman–Crippen LogP) is 3.24. The summed E-state index contributed by atoms with van der Waals surface area (Å²) in [5.74, 6) is 0.492. The van der Waals surface area contributed by atoms with Gasteiger partial charge in [0.25, 0.3) is 5.91 Å². The summed E-state index contributed by atoms with van der Waals surface area (Å²) in [6.45, 7) is 1.79. The monoisotopic (exact) mass is 465 g/mol. The van der Waals surface area contributed by atoms with Crippen LogP contribution in [-0.4, -0.2) is 42.7 Å². The van der Waals surface area contributed by atoms with Gasteiger partial charge in [0.1, 0.15) is 11.6 Å². The third-order valence-electron chi connectivity index (χ3n) is 5.74. The first kappa shape index (κ1) is 21.8. The van der Waals surface area contributed by atoms with Crippen LogP contribution in [0.3, 0.4) is 0 Å². The zero-order valence-corrected chi connectivity index (χ0v) is 18.5. The molecule has 1 fully saturated rings. The van der Waals surface area contributed by atoms with Crippen LogP contribution >= 0.6 is 0 Å². The highest BCUT2D eigenvalue weighted by Crippen LogP contribution is 2.27. The molecule has 4 heterocycles. The van der Waals surface area contributed by atoms with Crippen LogP contribution in [0.4, 0.5) is 27.4 Å². The number of imidazole rings is 1. The van der Waals surface area contributed by atoms with Crippen LogP contribution in [-0.2, 0) is 0 Å². The predicted molar refractivity (Wildman–Crippen MR) is 124 cm³/mol. The Kier molecular flexibility index (Phi) is 5.80. The van der Waals surface area contributed by atoms with Gasteiger partial charge in [-0.2, -0.15) is 0 Å². The molecule has 12 heteroatoms. The van der Waals surface area contributed by atoms with E-state index in [-0.39, 0.29) is 23.5 Å². The highest BCUT2D eigenvalue weighted by molar-refractivity contribution is 6.03. The molecule has 0 atom stereocenters. The number of halogens is 1. The van der Waals surface area contributed by atoms with Gasteiger partial charge in [0.05, 0.1) is 23.8 Å². The third-order valence-corrected chi connectivity index (χ3v) is 5.74. The summed E-state index contributed by atoms with van der Waals surface area (Å²) in [4.78, 5) is 21.0. The van der Waals surface area contributed by atoms with Crippen molar-refractivity contribution in [3.8, 4) is 0 Å². The number of nitrogens with two attached hydrogens (primary N) is 1. The van der Waals surface area contributed by atoms with E-state index in [1.54, 1.807) is 13.0 Å². The highest BCUT2D eigenvalue weighted by atomic mass is 19.1. The summed E-state index contributed by atoms with van der Waals surface area (Å²) >= 11 is 0. The number of carbonyl (C=O) groups excluding carboxylic acids is 1. The lowest BCUT2D eigenvalue weighted by Crippen LogP contribution is -2.33. The maximum Gasteiger partial charge on any atom is 0.276 e. The Bertz CT molecular complexity index is 1330. The standard InChI is InChI=1S/C22H24FN9O2/c1-12-8-20(31-34-12)28-17-9-19(27-14-4-2-13(24)3-5-14)30-32-18(11-26-21(17)32)22(33)29-16-6-7-25-10-15(16)23/h6-11,13-14H,2-5,24H2,1H3,(H,27,30)(H,28,31)(H,25,29,33)/t13-,14-. The summed E-state index contributed by atoms with van der Waals surface area (Å²) in [7, 11) is 0. The summed E-state index contributed by atoms with van der Waals surface area (Å²) in [6, 6.07) is 5.36. The molecule has 1 saturated carbocycles. The second kappa shape index (κ2) is 9.06. The molecule has 0 saturated heterocycles. The van der Waals surface area contributed by atoms with E-state index in [1.807, 2.05) is 6.07 Å². The van der Waals surface area contributed by atoms with Crippen molar-refractivity contribution >= 4 is 34.6 Å². The topological polar surface area (TPSA) is 148 Å². The Hall–Kier alpha value is -4.06. The number of amides is 1. The fourth-order valence-electron chi connectivity index (χ4n) is 3.98. The van der Waals surface area contributed by atoms with Gasteiger partial charge in [-0.1, -0.05) is 5.16 Å². The smallest absolute Gasteiger partial charge is 0.276 e. The van der Waals surface area contributed by atoms with Crippen LogP contribution in [0.15, 0.2) is 41.3 Å². The van der Waals surface area contributed by atoms with Gasteiger partial charge in [-0.15, -0.1) is 5.10 Å². The van der Waals surface area contributed by atoms with Gasteiger partial charge in [-0.3, -0.25) is 9.78 Å². The average molecular weight is 465 g/mol. The average Bonchev–Trinajstić information content (AvgIpc) is 3.43. The van der Waals surface area contributed by atoms with Crippen LogP contribution in [0.25, 0.3) is 5.65 Å². The van der Waals surface area contributed by atoms with Crippen molar-refractivity contribution in [1.82, 2.24) is 24.7 Å². The van der Waals surface area contributed by atoms with Crippen LogP contribution < -0.4 is 21.7 Å². The van der Waals surface area contributed by atoms with Gasteiger partial charge in [-0.05, 0) is 38.7 Å². The summed E-state index contributed by atoms with van der Waals surface area (Å²) < 4.78 is 20.6. The molecule has 11 nitrogen and oxygen atoms in total. The summed E-state index contributed by atoms with van der Waals surface area (Å²) in [5, 5.41) is 17.7. The molecule has 34 heavy (non-hydrogen) atoms. The minimum Gasteiger partial charge on any atom is -0.366 e. The maximum atomic E-state index is 14.0. The molecule has 1 aliphatic carbocycles. The molecular formula is C22H24FN9O2. The Morgan fingerprint density at radius 1 is 1.18 bits per heavy atom. The molecule has 0 aromatic carbocycles. The van der Waals surface area contributed by atoms with Crippen molar-refractivity contribution < 1.29 is 13.7 Å². The molecule has 176 valence electrons. The van der Waals surface area contributed by atoms with E-state index < -0.39 is 11.7 Å². The number of nitrogens with zero attached hydrogens (tertiary/aromatic N) is 5. The van der Waals surface area contributed by atoms with Crippen LogP contribution in [0, 0.1) is 12.7 Å². The molecule has 4 aromatic rings. The van der Waals surface area contributed by atoms with E-state index in [4.69, 9.17) is 10.3 Å². The van der Waals surface area contributed by atoms with Gasteiger partial charge in [0.15, 0.2) is 23.0 Å². The van der Waals surface area contributed by atoms with Crippen LogP contribution in [0.2, 0.25) is 0 Å². The number of hydrogen-bond donors (Lipinski definition) is 4. The molecule has 5 rings (SSSR count). The molecule has 0 spiro atoms. The number of nitrogens with one attached hydrogen (secondary N) is 3. The van der Waals surface area contributed by atoms with Crippen molar-refractivity contribution in [2.24, 2.45) is 5.73 Å². The first-order valence-electron chi connectivity index (χ1n) is 11.0. The summed E-state index contributed by atoms with van der Waals surface area (Å²) in [5.41, 5.74) is 7.16. The molecule has 0 radical (unpaired) electrons.